The molecule has 0 saturated heterocycles. The van der Waals surface area contributed by atoms with Gasteiger partial charge in [-0.1, -0.05) is 394 Å². The van der Waals surface area contributed by atoms with E-state index in [1.165, 1.54) is 144 Å². The standard InChI is InChI=1S/C50H34FN.C44H31N.C43H35N/c51-43-23-29-46(30-24-43)52(44-25-19-37(20-26-44)49-33-41-17-9-7-15-39(41)31-47(49)35-11-3-1-4-12-35)45-27-21-38(22-28-45)50-34-42-18-10-8-16-40(42)32-48(50)36-13-5-2-6-14-36;1-4-14-32(15-5-1)39-28-29-44(41-23-13-12-22-40(39)41)45(37-20-8-3-9-21-37)38-26-24-34(25-27-38)43-31-36-19-11-10-18-35(36)30-42(43)33-16-6-2-7-17-33;1-30-26-31(2)43(32(3)27-30)35-20-24-40(25-21-35)44(38-16-8-5-9-17-38)39-22-18-34(19-23-39)42-29-37-15-11-10-14-36(37)28-41(42)33-12-6-4-7-13-33/h1-34H;1-31H;4-29H,1-3H3/i;;5D,8D,9D,16D,17D. The van der Waals surface area contributed by atoms with E-state index in [1.807, 2.05) is 84.9 Å². The topological polar surface area (TPSA) is 9.72 Å². The van der Waals surface area contributed by atoms with Crippen molar-refractivity contribution in [3.05, 3.63) is 574 Å². The Balaban J connectivity index is 0.000000125. The van der Waals surface area contributed by atoms with Gasteiger partial charge in [0.05, 0.1) is 12.5 Å². The third-order valence-corrected chi connectivity index (χ3v) is 26.8. The fourth-order valence-corrected chi connectivity index (χ4v) is 20.1. The Kier molecular flexibility index (Phi) is 23.4. The molecule has 0 heterocycles. The van der Waals surface area contributed by atoms with Crippen LogP contribution in [-0.2, 0) is 0 Å². The minimum absolute atomic E-state index is 0.102. The second-order valence-electron chi connectivity index (χ2n) is 35.8. The lowest BCUT2D eigenvalue weighted by Crippen LogP contribution is -2.10. The Hall–Kier alpha value is -18.1. The zero-order chi connectivity index (χ0) is 99.3. The van der Waals surface area contributed by atoms with E-state index in [9.17, 15) is 4.39 Å². The van der Waals surface area contributed by atoms with Crippen molar-refractivity contribution in [2.24, 2.45) is 0 Å². The normalized spacial score (nSPS) is 11.6. The third kappa shape index (κ3) is 18.7. The number of hydrogen-bond donors (Lipinski definition) is 0. The number of benzene rings is 24. The Morgan fingerprint density at radius 3 is 0.709 bits per heavy atom. The number of fused-ring (bicyclic) bond motifs is 5. The zero-order valence-electron chi connectivity index (χ0n) is 83.4. The highest BCUT2D eigenvalue weighted by Crippen LogP contribution is 2.48. The van der Waals surface area contributed by atoms with Crippen LogP contribution in [0.3, 0.4) is 0 Å². The van der Waals surface area contributed by atoms with E-state index in [1.54, 1.807) is 4.90 Å². The van der Waals surface area contributed by atoms with Crippen molar-refractivity contribution >= 4 is 105 Å². The summed E-state index contributed by atoms with van der Waals surface area (Å²) in [4.78, 5) is 6.32. The van der Waals surface area contributed by atoms with E-state index in [2.05, 4.69) is 455 Å². The van der Waals surface area contributed by atoms with Crippen molar-refractivity contribution in [1.82, 2.24) is 0 Å². The average molecular weight is 1810 g/mol. The molecule has 0 aliphatic heterocycles. The number of para-hydroxylation sites is 2. The Bertz CT molecular complexity index is 8670. The SMILES string of the molecule is Fc1ccc(N(c2ccc(-c3cc4ccccc4cc3-c3ccccc3)cc2)c2ccc(-c3cc4ccccc4cc3-c3ccccc3)cc2)cc1.[2H]c1c([2H])c([2H])c(N(c2ccc(-c3cc4ccccc4cc3-c3ccccc3)cc2)c2ccc(-c3c(C)cc(C)cc3C)cc2)c([2H])c1[2H].c1ccc(-c2cc3ccccc3cc2-c2ccc(N(c3ccccc3)c3ccc(-c4ccccc4)c4ccccc34)cc2)cc1. The molecular weight excluding hydrogens is 1710 g/mol. The molecule has 0 bridgehead atoms. The van der Waals surface area contributed by atoms with E-state index >= 15 is 0 Å². The van der Waals surface area contributed by atoms with Gasteiger partial charge in [-0.15, -0.1) is 0 Å². The van der Waals surface area contributed by atoms with Crippen molar-refractivity contribution in [3.8, 4) is 111 Å². The van der Waals surface area contributed by atoms with Crippen molar-refractivity contribution in [3.63, 3.8) is 0 Å². The van der Waals surface area contributed by atoms with Gasteiger partial charge in [-0.2, -0.15) is 0 Å². The van der Waals surface area contributed by atoms with Gasteiger partial charge in [0.25, 0.3) is 0 Å². The van der Waals surface area contributed by atoms with Crippen LogP contribution >= 0.6 is 0 Å². The van der Waals surface area contributed by atoms with E-state index in [-0.39, 0.29) is 35.7 Å². The first-order valence-electron chi connectivity index (χ1n) is 50.4. The maximum atomic E-state index is 14.2. The van der Waals surface area contributed by atoms with Crippen molar-refractivity contribution in [2.75, 3.05) is 14.7 Å². The number of hydrogen-bond acceptors (Lipinski definition) is 3. The first kappa shape index (κ1) is 82.4. The van der Waals surface area contributed by atoms with Crippen molar-refractivity contribution < 1.29 is 11.2 Å². The quantitative estimate of drug-likeness (QED) is 0.0799. The summed E-state index contributed by atoms with van der Waals surface area (Å²) in [6.45, 7) is 6.32. The molecule has 0 spiro atoms. The van der Waals surface area contributed by atoms with Gasteiger partial charge >= 0.3 is 0 Å². The van der Waals surface area contributed by atoms with Crippen LogP contribution in [0.5, 0.6) is 0 Å². The zero-order valence-corrected chi connectivity index (χ0v) is 78.4. The third-order valence-electron chi connectivity index (χ3n) is 26.8. The predicted molar refractivity (Wildman–Crippen MR) is 599 cm³/mol. The smallest absolute Gasteiger partial charge is 0.123 e. The van der Waals surface area contributed by atoms with Crippen LogP contribution in [-0.4, -0.2) is 0 Å². The summed E-state index contributed by atoms with van der Waals surface area (Å²) in [6.07, 6.45) is 0. The van der Waals surface area contributed by atoms with Gasteiger partial charge in [0.2, 0.25) is 0 Å². The van der Waals surface area contributed by atoms with Gasteiger partial charge in [0.15, 0.2) is 0 Å². The first-order chi connectivity index (χ1) is 71.6. The van der Waals surface area contributed by atoms with Gasteiger partial charge in [-0.25, -0.2) is 4.39 Å². The van der Waals surface area contributed by atoms with Crippen LogP contribution in [0, 0.1) is 26.6 Å². The van der Waals surface area contributed by atoms with Gasteiger partial charge in [-0.05, 0) is 355 Å². The highest BCUT2D eigenvalue weighted by Gasteiger charge is 2.24. The largest absolute Gasteiger partial charge is 0.311 e. The average Bonchev–Trinajstić information content (AvgIpc) is 0.753. The van der Waals surface area contributed by atoms with Crippen molar-refractivity contribution in [2.45, 2.75) is 20.8 Å². The van der Waals surface area contributed by atoms with Crippen molar-refractivity contribution in [1.29, 1.82) is 0 Å². The molecule has 4 heteroatoms. The highest BCUT2D eigenvalue weighted by atomic mass is 19.1. The molecule has 0 aliphatic rings. The molecule has 0 amide bonds. The van der Waals surface area contributed by atoms with Crippen LogP contribution in [0.4, 0.5) is 55.6 Å². The Morgan fingerprint density at radius 2 is 0.404 bits per heavy atom. The molecule has 0 fully saturated rings. The molecule has 0 N–H and O–H groups in total. The van der Waals surface area contributed by atoms with Gasteiger partial charge in [0.1, 0.15) is 5.82 Å². The molecule has 24 aromatic rings. The molecule has 0 saturated carbocycles. The monoisotopic (exact) mass is 1810 g/mol. The molecule has 0 aromatic heterocycles. The fraction of sp³-hybridized carbons (Fsp3) is 0.0219. The molecule has 0 unspecified atom stereocenters. The van der Waals surface area contributed by atoms with Crippen LogP contribution < -0.4 is 14.7 Å². The summed E-state index contributed by atoms with van der Waals surface area (Å²) in [5, 5.41) is 12.1. The minimum Gasteiger partial charge on any atom is -0.311 e. The first-order valence-corrected chi connectivity index (χ1v) is 47.9. The number of anilines is 9. The molecule has 24 rings (SSSR count). The van der Waals surface area contributed by atoms with Gasteiger partial charge < -0.3 is 14.7 Å². The number of halogens is 1. The Morgan fingerprint density at radius 1 is 0.177 bits per heavy atom. The lowest BCUT2D eigenvalue weighted by atomic mass is 9.91. The predicted octanol–water partition coefficient (Wildman–Crippen LogP) is 39.0. The maximum Gasteiger partial charge on any atom is 0.123 e. The summed E-state index contributed by atoms with van der Waals surface area (Å²) in [6, 6.07) is 181. The Labute approximate surface area is 831 Å². The summed E-state index contributed by atoms with van der Waals surface area (Å²) in [5.41, 5.74) is 34.6. The summed E-state index contributed by atoms with van der Waals surface area (Å²) >= 11 is 0. The van der Waals surface area contributed by atoms with E-state index in [4.69, 9.17) is 6.85 Å². The lowest BCUT2D eigenvalue weighted by molar-refractivity contribution is 0.628. The molecule has 0 aliphatic carbocycles. The molecule has 141 heavy (non-hydrogen) atoms. The molecule has 0 atom stereocenters. The summed E-state index contributed by atoms with van der Waals surface area (Å²) in [5.74, 6) is -0.260. The van der Waals surface area contributed by atoms with Gasteiger partial charge in [-0.3, -0.25) is 0 Å². The van der Waals surface area contributed by atoms with Crippen LogP contribution in [0.15, 0.2) is 552 Å². The van der Waals surface area contributed by atoms with Gasteiger partial charge in [0, 0.05) is 50.9 Å². The van der Waals surface area contributed by atoms with E-state index in [0.717, 1.165) is 83.8 Å². The van der Waals surface area contributed by atoms with Crippen LogP contribution in [0.25, 0.3) is 165 Å². The molecular formula is C137H100FN3. The minimum atomic E-state index is -0.417. The molecule has 3 nitrogen and oxygen atoms in total. The highest BCUT2D eigenvalue weighted by molar-refractivity contribution is 6.08. The molecule has 24 aromatic carbocycles. The van der Waals surface area contributed by atoms with Crippen LogP contribution in [0.2, 0.25) is 0 Å². The lowest BCUT2D eigenvalue weighted by Gasteiger charge is -2.27. The fourth-order valence-electron chi connectivity index (χ4n) is 20.1. The summed E-state index contributed by atoms with van der Waals surface area (Å²) in [7, 11) is 0. The maximum absolute atomic E-state index is 14.2. The number of aryl methyl sites for hydroxylation is 3. The second-order valence-corrected chi connectivity index (χ2v) is 35.8. The summed E-state index contributed by atoms with van der Waals surface area (Å²) < 4.78 is 57.1. The molecule has 0 radical (unpaired) electrons. The number of rotatable bonds is 19. The number of nitrogens with zero attached hydrogens (tertiary/aromatic N) is 3. The van der Waals surface area contributed by atoms with E-state index < -0.39 is 6.04 Å². The van der Waals surface area contributed by atoms with E-state index in [0.29, 0.717) is 11.4 Å². The van der Waals surface area contributed by atoms with Crippen LogP contribution in [0.1, 0.15) is 23.5 Å². The second kappa shape index (κ2) is 40.1. The molecule has 670 valence electrons.